The van der Waals surface area contributed by atoms with E-state index in [1.54, 1.807) is 7.11 Å². The third kappa shape index (κ3) is 3.30. The second kappa shape index (κ2) is 7.22. The molecule has 134 valence electrons. The number of methoxy groups -OCH3 is 1. The number of ether oxygens (including phenoxy) is 2. The van der Waals surface area contributed by atoms with E-state index in [0.717, 1.165) is 54.4 Å². The maximum Gasteiger partial charge on any atom is 0.122 e. The van der Waals surface area contributed by atoms with Gasteiger partial charge in [0.2, 0.25) is 0 Å². The molecule has 0 amide bonds. The van der Waals surface area contributed by atoms with Gasteiger partial charge >= 0.3 is 0 Å². The van der Waals surface area contributed by atoms with Gasteiger partial charge in [-0.15, -0.1) is 0 Å². The molecule has 1 aliphatic rings. The maximum atomic E-state index is 5.81. The fraction of sp³-hybridized carbons (Fsp3) is 0.286. The minimum Gasteiger partial charge on any atom is -0.496 e. The molecule has 0 bridgehead atoms. The molecule has 4 rings (SSSR count). The highest BCUT2D eigenvalue weighted by molar-refractivity contribution is 5.65. The fourth-order valence-electron chi connectivity index (χ4n) is 3.50. The summed E-state index contributed by atoms with van der Waals surface area (Å²) in [6.45, 7) is 1.69. The molecule has 26 heavy (non-hydrogen) atoms. The molecule has 1 aliphatic heterocycles. The lowest BCUT2D eigenvalue weighted by Crippen LogP contribution is -2.06. The summed E-state index contributed by atoms with van der Waals surface area (Å²) in [4.78, 5) is 0. The highest BCUT2D eigenvalue weighted by atomic mass is 16.5. The molecule has 0 aliphatic carbocycles. The van der Waals surface area contributed by atoms with E-state index in [9.17, 15) is 0 Å². The van der Waals surface area contributed by atoms with Gasteiger partial charge in [0.25, 0.3) is 0 Å². The van der Waals surface area contributed by atoms with E-state index in [1.165, 1.54) is 5.56 Å². The number of rotatable bonds is 5. The van der Waals surface area contributed by atoms with E-state index >= 15 is 0 Å². The van der Waals surface area contributed by atoms with Crippen LogP contribution < -0.4 is 10.5 Å². The van der Waals surface area contributed by atoms with Gasteiger partial charge in [0.1, 0.15) is 5.75 Å². The van der Waals surface area contributed by atoms with Gasteiger partial charge in [-0.1, -0.05) is 0 Å². The first-order valence-corrected chi connectivity index (χ1v) is 8.89. The van der Waals surface area contributed by atoms with Crippen LogP contribution in [0.2, 0.25) is 0 Å². The molecule has 0 radical (unpaired) electrons. The highest BCUT2D eigenvalue weighted by Gasteiger charge is 2.19. The molecular formula is C21H23N3O2. The van der Waals surface area contributed by atoms with E-state index in [1.807, 2.05) is 47.3 Å². The molecule has 0 saturated carbocycles. The quantitative estimate of drug-likeness (QED) is 0.713. The van der Waals surface area contributed by atoms with Crippen LogP contribution in [0.4, 0.5) is 5.69 Å². The van der Waals surface area contributed by atoms with E-state index in [0.29, 0.717) is 5.92 Å². The summed E-state index contributed by atoms with van der Waals surface area (Å²) in [5.74, 6) is 1.49. The second-order valence-electron chi connectivity index (χ2n) is 6.68. The van der Waals surface area contributed by atoms with Crippen LogP contribution >= 0.6 is 0 Å². The number of nitrogen functional groups attached to an aromatic ring is 1. The van der Waals surface area contributed by atoms with Gasteiger partial charge in [0.05, 0.1) is 24.7 Å². The van der Waals surface area contributed by atoms with Crippen molar-refractivity contribution < 1.29 is 9.47 Å². The fourth-order valence-corrected chi connectivity index (χ4v) is 3.50. The van der Waals surface area contributed by atoms with E-state index in [-0.39, 0.29) is 0 Å². The van der Waals surface area contributed by atoms with Crippen LogP contribution in [0.25, 0.3) is 16.9 Å². The average molecular weight is 349 g/mol. The number of hydrogen-bond acceptors (Lipinski definition) is 4. The first kappa shape index (κ1) is 16.7. The van der Waals surface area contributed by atoms with Crippen LogP contribution in [0.15, 0.2) is 54.7 Å². The van der Waals surface area contributed by atoms with Crippen LogP contribution in [-0.4, -0.2) is 30.1 Å². The number of aromatic nitrogens is 2. The van der Waals surface area contributed by atoms with Crippen LogP contribution in [0, 0.1) is 5.92 Å². The first-order chi connectivity index (χ1) is 12.7. The summed E-state index contributed by atoms with van der Waals surface area (Å²) in [7, 11) is 1.72. The van der Waals surface area contributed by atoms with E-state index in [2.05, 4.69) is 17.2 Å². The lowest BCUT2D eigenvalue weighted by Gasteiger charge is -2.14. The third-order valence-corrected chi connectivity index (χ3v) is 4.89. The van der Waals surface area contributed by atoms with Gasteiger partial charge in [-0.3, -0.25) is 0 Å². The smallest absolute Gasteiger partial charge is 0.122 e. The first-order valence-electron chi connectivity index (χ1n) is 8.89. The van der Waals surface area contributed by atoms with Gasteiger partial charge < -0.3 is 15.2 Å². The molecule has 1 atom stereocenters. The van der Waals surface area contributed by atoms with Crippen LogP contribution in [-0.2, 0) is 11.2 Å². The Kier molecular flexibility index (Phi) is 4.63. The zero-order chi connectivity index (χ0) is 17.9. The normalized spacial score (nSPS) is 16.7. The Hall–Kier alpha value is -2.79. The second-order valence-corrected chi connectivity index (χ2v) is 6.68. The van der Waals surface area contributed by atoms with Crippen molar-refractivity contribution in [3.8, 4) is 22.7 Å². The molecule has 2 N–H and O–H groups in total. The van der Waals surface area contributed by atoms with Crippen molar-refractivity contribution in [1.82, 2.24) is 9.78 Å². The molecule has 5 heteroatoms. The Morgan fingerprint density at radius 1 is 1.19 bits per heavy atom. The summed E-state index contributed by atoms with van der Waals surface area (Å²) in [6, 6.07) is 16.1. The average Bonchev–Trinajstić information content (AvgIpc) is 3.34. The topological polar surface area (TPSA) is 62.3 Å². The molecule has 5 nitrogen and oxygen atoms in total. The predicted molar refractivity (Wildman–Crippen MR) is 103 cm³/mol. The largest absolute Gasteiger partial charge is 0.496 e. The lowest BCUT2D eigenvalue weighted by atomic mass is 9.96. The van der Waals surface area contributed by atoms with E-state index in [4.69, 9.17) is 15.2 Å². The third-order valence-electron chi connectivity index (χ3n) is 4.89. The minimum atomic E-state index is 0.557. The molecule has 1 aromatic heterocycles. The Morgan fingerprint density at radius 2 is 2.04 bits per heavy atom. The zero-order valence-corrected chi connectivity index (χ0v) is 14.9. The summed E-state index contributed by atoms with van der Waals surface area (Å²) in [5, 5.41) is 4.49. The summed E-state index contributed by atoms with van der Waals surface area (Å²) in [6.07, 6.45) is 3.89. The Bertz CT molecular complexity index is 881. The maximum absolute atomic E-state index is 5.81. The SMILES string of the molecule is COc1ccc(-c2ccnn2-c2ccc(N)cc2)cc1CC1CCOC1. The number of hydrogen-bond donors (Lipinski definition) is 1. The summed E-state index contributed by atoms with van der Waals surface area (Å²) in [5.41, 5.74) is 10.9. The van der Waals surface area contributed by atoms with Crippen molar-refractivity contribution in [3.63, 3.8) is 0 Å². The Morgan fingerprint density at radius 3 is 2.77 bits per heavy atom. The number of nitrogens with zero attached hydrogens (tertiary/aromatic N) is 2. The van der Waals surface area contributed by atoms with Gasteiger partial charge in [-0.2, -0.15) is 5.10 Å². The molecule has 2 heterocycles. The van der Waals surface area contributed by atoms with Gasteiger partial charge in [0, 0.05) is 24.5 Å². The van der Waals surface area contributed by atoms with Gasteiger partial charge in [0.15, 0.2) is 0 Å². The van der Waals surface area contributed by atoms with Crippen molar-refractivity contribution in [2.45, 2.75) is 12.8 Å². The number of benzene rings is 2. The number of nitrogens with two attached hydrogens (primary N) is 1. The minimum absolute atomic E-state index is 0.557. The van der Waals surface area contributed by atoms with Crippen LogP contribution in [0.1, 0.15) is 12.0 Å². The molecule has 2 aromatic carbocycles. The van der Waals surface area contributed by atoms with Crippen molar-refractivity contribution in [2.75, 3.05) is 26.1 Å². The van der Waals surface area contributed by atoms with Crippen molar-refractivity contribution >= 4 is 5.69 Å². The van der Waals surface area contributed by atoms with Crippen molar-refractivity contribution in [1.29, 1.82) is 0 Å². The molecule has 1 saturated heterocycles. The van der Waals surface area contributed by atoms with Crippen LogP contribution in [0.5, 0.6) is 5.75 Å². The monoisotopic (exact) mass is 349 g/mol. The molecule has 1 fully saturated rings. The Balaban J connectivity index is 1.70. The van der Waals surface area contributed by atoms with Crippen molar-refractivity contribution in [2.24, 2.45) is 5.92 Å². The standard InChI is InChI=1S/C21H23N3O2/c1-25-21-7-2-16(13-17(21)12-15-9-11-26-14-15)20-8-10-23-24(20)19-5-3-18(22)4-6-19/h2-8,10,13,15H,9,11-12,14,22H2,1H3. The number of anilines is 1. The summed E-state index contributed by atoms with van der Waals surface area (Å²) < 4.78 is 13.0. The lowest BCUT2D eigenvalue weighted by molar-refractivity contribution is 0.185. The van der Waals surface area contributed by atoms with Gasteiger partial charge in [-0.05, 0) is 72.9 Å². The Labute approximate surface area is 153 Å². The molecule has 1 unspecified atom stereocenters. The molecular weight excluding hydrogens is 326 g/mol. The summed E-state index contributed by atoms with van der Waals surface area (Å²) >= 11 is 0. The van der Waals surface area contributed by atoms with Gasteiger partial charge in [-0.25, -0.2) is 4.68 Å². The van der Waals surface area contributed by atoms with E-state index < -0.39 is 0 Å². The van der Waals surface area contributed by atoms with Crippen molar-refractivity contribution in [3.05, 3.63) is 60.3 Å². The predicted octanol–water partition coefficient (Wildman–Crippen LogP) is 3.71. The highest BCUT2D eigenvalue weighted by Crippen LogP contribution is 2.31. The molecule has 0 spiro atoms. The molecule has 3 aromatic rings. The zero-order valence-electron chi connectivity index (χ0n) is 14.9. The van der Waals surface area contributed by atoms with Crippen LogP contribution in [0.3, 0.4) is 0 Å².